The number of aliphatic hydroxyl groups excluding tert-OH is 1. The minimum Gasteiger partial charge on any atom is -0.497 e. The zero-order valence-corrected chi connectivity index (χ0v) is 12.7. The number of methoxy groups -OCH3 is 1. The molecule has 0 bridgehead atoms. The predicted octanol–water partition coefficient (Wildman–Crippen LogP) is 1.97. The van der Waals surface area contributed by atoms with Crippen LogP contribution in [-0.2, 0) is 4.79 Å². The van der Waals surface area contributed by atoms with Gasteiger partial charge in [-0.2, -0.15) is 0 Å². The van der Waals surface area contributed by atoms with Gasteiger partial charge in [0.15, 0.2) is 0 Å². The van der Waals surface area contributed by atoms with Crippen LogP contribution in [0.15, 0.2) is 22.7 Å². The fourth-order valence-corrected chi connectivity index (χ4v) is 2.18. The van der Waals surface area contributed by atoms with Crippen LogP contribution in [-0.4, -0.2) is 36.7 Å². The van der Waals surface area contributed by atoms with Crippen LogP contribution < -0.4 is 4.74 Å². The Balaban J connectivity index is 3.14. The van der Waals surface area contributed by atoms with Gasteiger partial charge in [-0.15, -0.1) is 0 Å². The number of rotatable bonds is 4. The quantitative estimate of drug-likeness (QED) is 0.861. The summed E-state index contributed by atoms with van der Waals surface area (Å²) in [5, 5.41) is 9.55. The maximum Gasteiger partial charge on any atom is 0.298 e. The number of carbonyl (C=O) groups excluding carboxylic acids is 1. The zero-order valence-electron chi connectivity index (χ0n) is 11.1. The summed E-state index contributed by atoms with van der Waals surface area (Å²) >= 11 is 3.42. The molecule has 0 fully saturated rings. The number of hydrogen-bond donors (Lipinski definition) is 1. The lowest BCUT2D eigenvalue weighted by Crippen LogP contribution is -2.32. The van der Waals surface area contributed by atoms with E-state index in [1.54, 1.807) is 33.2 Å². The Bertz CT molecular complexity index is 519. The van der Waals surface area contributed by atoms with Crippen molar-refractivity contribution in [2.24, 2.45) is 0 Å². The van der Waals surface area contributed by atoms with Crippen LogP contribution in [0.5, 0.6) is 5.75 Å². The van der Waals surface area contributed by atoms with E-state index in [0.717, 1.165) is 10.0 Å². The molecule has 1 atom stereocenters. The maximum atomic E-state index is 11.8. The zero-order chi connectivity index (χ0) is 14.4. The van der Waals surface area contributed by atoms with Gasteiger partial charge in [0.05, 0.1) is 19.8 Å². The highest BCUT2D eigenvalue weighted by Gasteiger charge is 2.22. The van der Waals surface area contributed by atoms with Crippen molar-refractivity contribution in [3.63, 3.8) is 0 Å². The van der Waals surface area contributed by atoms with Crippen LogP contribution in [0.3, 0.4) is 0 Å². The summed E-state index contributed by atoms with van der Waals surface area (Å²) in [7, 11) is 3.18. The second kappa shape index (κ2) is 7.17. The Morgan fingerprint density at radius 1 is 1.58 bits per heavy atom. The molecule has 1 aromatic carbocycles. The van der Waals surface area contributed by atoms with Crippen LogP contribution in [0.25, 0.3) is 0 Å². The van der Waals surface area contributed by atoms with E-state index in [0.29, 0.717) is 5.75 Å². The van der Waals surface area contributed by atoms with E-state index < -0.39 is 6.04 Å². The molecule has 0 aliphatic carbocycles. The Kier molecular flexibility index (Phi) is 5.87. The molecule has 0 saturated heterocycles. The van der Waals surface area contributed by atoms with Gasteiger partial charge in [0.25, 0.3) is 5.91 Å². The lowest BCUT2D eigenvalue weighted by Gasteiger charge is -2.26. The van der Waals surface area contributed by atoms with Crippen molar-refractivity contribution in [1.82, 2.24) is 4.90 Å². The van der Waals surface area contributed by atoms with Crippen LogP contribution in [0, 0.1) is 11.8 Å². The molecule has 1 N–H and O–H groups in total. The van der Waals surface area contributed by atoms with Gasteiger partial charge in [-0.3, -0.25) is 4.79 Å². The third-order valence-corrected chi connectivity index (χ3v) is 3.48. The summed E-state index contributed by atoms with van der Waals surface area (Å²) in [4.78, 5) is 13.2. The summed E-state index contributed by atoms with van der Waals surface area (Å²) < 4.78 is 5.96. The highest BCUT2D eigenvalue weighted by Crippen LogP contribution is 2.30. The van der Waals surface area contributed by atoms with Gasteiger partial charge >= 0.3 is 0 Å². The van der Waals surface area contributed by atoms with Crippen LogP contribution in [0.4, 0.5) is 0 Å². The summed E-state index contributed by atoms with van der Waals surface area (Å²) in [6.07, 6.45) is 0. The number of amides is 1. The van der Waals surface area contributed by atoms with Gasteiger partial charge < -0.3 is 14.7 Å². The number of ether oxygens (including phenoxy) is 1. The second-order valence-corrected chi connectivity index (χ2v) is 4.73. The van der Waals surface area contributed by atoms with Crippen LogP contribution in [0.2, 0.25) is 0 Å². The summed E-state index contributed by atoms with van der Waals surface area (Å²) in [6.45, 7) is 1.40. The van der Waals surface area contributed by atoms with Gasteiger partial charge in [0.1, 0.15) is 5.75 Å². The van der Waals surface area contributed by atoms with E-state index in [1.807, 2.05) is 6.07 Å². The molecule has 0 aromatic heterocycles. The number of benzene rings is 1. The largest absolute Gasteiger partial charge is 0.497 e. The SMILES string of the molecule is CC#CC(=O)N(C)C(CO)c1cc(OC)ccc1Br. The molecule has 1 aromatic rings. The molecule has 5 heteroatoms. The first-order chi connectivity index (χ1) is 9.04. The first-order valence-corrected chi connectivity index (χ1v) is 6.48. The van der Waals surface area contributed by atoms with E-state index in [-0.39, 0.29) is 12.5 Å². The Labute approximate surface area is 121 Å². The number of aliphatic hydroxyl groups is 1. The van der Waals surface area contributed by atoms with E-state index in [1.165, 1.54) is 4.90 Å². The number of halogens is 1. The van der Waals surface area contributed by atoms with Crippen molar-refractivity contribution >= 4 is 21.8 Å². The number of nitrogens with zero attached hydrogens (tertiary/aromatic N) is 1. The normalized spacial score (nSPS) is 11.2. The summed E-state index contributed by atoms with van der Waals surface area (Å²) in [6, 6.07) is 4.93. The smallest absolute Gasteiger partial charge is 0.298 e. The molecule has 1 amide bonds. The standard InChI is InChI=1S/C14H16BrNO3/c1-4-5-14(18)16(2)13(9-17)11-8-10(19-3)6-7-12(11)15/h6-8,13,17H,9H2,1-3H3. The van der Waals surface area contributed by atoms with E-state index in [2.05, 4.69) is 27.8 Å². The fourth-order valence-electron chi connectivity index (χ4n) is 1.67. The van der Waals surface area contributed by atoms with Gasteiger partial charge in [0, 0.05) is 11.5 Å². The Morgan fingerprint density at radius 3 is 2.79 bits per heavy atom. The topological polar surface area (TPSA) is 49.8 Å². The first kappa shape index (κ1) is 15.5. The average molecular weight is 326 g/mol. The molecule has 0 aliphatic rings. The molecular weight excluding hydrogens is 310 g/mol. The fraction of sp³-hybridized carbons (Fsp3) is 0.357. The van der Waals surface area contributed by atoms with Crippen molar-refractivity contribution < 1.29 is 14.6 Å². The lowest BCUT2D eigenvalue weighted by molar-refractivity contribution is -0.126. The third kappa shape index (κ3) is 3.72. The Hall–Kier alpha value is -1.51. The van der Waals surface area contributed by atoms with E-state index in [9.17, 15) is 9.90 Å². The molecule has 102 valence electrons. The van der Waals surface area contributed by atoms with Gasteiger partial charge in [0.2, 0.25) is 0 Å². The third-order valence-electron chi connectivity index (χ3n) is 2.75. The van der Waals surface area contributed by atoms with Crippen LogP contribution >= 0.6 is 15.9 Å². The second-order valence-electron chi connectivity index (χ2n) is 3.88. The minimum atomic E-state index is -0.474. The molecule has 0 aliphatic heterocycles. The average Bonchev–Trinajstić information content (AvgIpc) is 2.41. The molecule has 1 unspecified atom stereocenters. The number of hydrogen-bond acceptors (Lipinski definition) is 3. The van der Waals surface area contributed by atoms with Gasteiger partial charge in [-0.1, -0.05) is 21.9 Å². The molecule has 1 rings (SSSR count). The summed E-state index contributed by atoms with van der Waals surface area (Å²) in [5.41, 5.74) is 0.774. The lowest BCUT2D eigenvalue weighted by atomic mass is 10.1. The van der Waals surface area contributed by atoms with Crippen molar-refractivity contribution in [3.8, 4) is 17.6 Å². The van der Waals surface area contributed by atoms with Crippen molar-refractivity contribution in [1.29, 1.82) is 0 Å². The van der Waals surface area contributed by atoms with Gasteiger partial charge in [-0.25, -0.2) is 0 Å². The molecular formula is C14H16BrNO3. The molecule has 4 nitrogen and oxygen atoms in total. The van der Waals surface area contributed by atoms with Crippen LogP contribution in [0.1, 0.15) is 18.5 Å². The van der Waals surface area contributed by atoms with Crippen molar-refractivity contribution in [2.45, 2.75) is 13.0 Å². The van der Waals surface area contributed by atoms with E-state index >= 15 is 0 Å². The highest BCUT2D eigenvalue weighted by molar-refractivity contribution is 9.10. The first-order valence-electron chi connectivity index (χ1n) is 5.69. The molecule has 0 radical (unpaired) electrons. The molecule has 0 saturated carbocycles. The molecule has 19 heavy (non-hydrogen) atoms. The predicted molar refractivity (Wildman–Crippen MR) is 76.7 cm³/mol. The van der Waals surface area contributed by atoms with Crippen molar-refractivity contribution in [3.05, 3.63) is 28.2 Å². The monoisotopic (exact) mass is 325 g/mol. The Morgan fingerprint density at radius 2 is 2.26 bits per heavy atom. The number of carbonyl (C=O) groups is 1. The molecule has 0 spiro atoms. The number of likely N-dealkylation sites (N-methyl/N-ethyl adjacent to an activating group) is 1. The van der Waals surface area contributed by atoms with Gasteiger partial charge in [-0.05, 0) is 36.6 Å². The highest BCUT2D eigenvalue weighted by atomic mass is 79.9. The van der Waals surface area contributed by atoms with Crippen molar-refractivity contribution in [2.75, 3.05) is 20.8 Å². The molecule has 0 heterocycles. The minimum absolute atomic E-state index is 0.195. The maximum absolute atomic E-state index is 11.8. The summed E-state index contributed by atoms with van der Waals surface area (Å²) in [5.74, 6) is 5.34. The van der Waals surface area contributed by atoms with E-state index in [4.69, 9.17) is 4.74 Å².